The third-order valence-electron chi connectivity index (χ3n) is 1.43. The van der Waals surface area contributed by atoms with Gasteiger partial charge >= 0.3 is 0 Å². The molecular weight excluding hydrogens is 162 g/mol. The number of nitrogens with two attached hydrogens (primary N) is 1. The summed E-state index contributed by atoms with van der Waals surface area (Å²) in [5.41, 5.74) is 0.778. The number of benzene rings is 1. The largest absolute Gasteiger partial charge is 0.305 e. The summed E-state index contributed by atoms with van der Waals surface area (Å²) >= 11 is 0. The van der Waals surface area contributed by atoms with Crippen LogP contribution in [0.4, 0.5) is 5.69 Å². The fourth-order valence-corrected chi connectivity index (χ4v) is 0.561. The molecule has 0 amide bonds. The number of rotatable bonds is 2. The monoisotopic (exact) mass is 179 g/mol. The van der Waals surface area contributed by atoms with Crippen LogP contribution in [0, 0.1) is 0 Å². The molecule has 0 unspecified atom stereocenters. The molecular formula is C10H17N3. The van der Waals surface area contributed by atoms with E-state index in [2.05, 4.69) is 24.2 Å². The second-order valence-corrected chi connectivity index (χ2v) is 2.55. The lowest BCUT2D eigenvalue weighted by Crippen LogP contribution is -1.72. The predicted octanol–water partition coefficient (Wildman–Crippen LogP) is 3.45. The smallest absolute Gasteiger partial charge is 0.0874 e. The Balaban J connectivity index is 0.000000310. The summed E-state index contributed by atoms with van der Waals surface area (Å²) in [5, 5.41) is 6.74. The van der Waals surface area contributed by atoms with Gasteiger partial charge in [-0.05, 0) is 12.1 Å². The Hall–Kier alpha value is -1.38. The molecule has 0 aliphatic heterocycles. The van der Waals surface area contributed by atoms with Crippen LogP contribution in [-0.4, -0.2) is 0 Å². The van der Waals surface area contributed by atoms with Gasteiger partial charge in [-0.2, -0.15) is 0 Å². The molecule has 0 aromatic heterocycles. The Kier molecular flexibility index (Phi) is 7.79. The third kappa shape index (κ3) is 7.00. The summed E-state index contributed by atoms with van der Waals surface area (Å²) in [6.07, 6.45) is 2.64. The van der Waals surface area contributed by atoms with E-state index in [0.29, 0.717) is 0 Å². The van der Waals surface area contributed by atoms with Crippen molar-refractivity contribution in [3.63, 3.8) is 0 Å². The molecule has 72 valence electrons. The fraction of sp³-hybridized carbons (Fsp3) is 0.400. The lowest BCUT2D eigenvalue weighted by atomic mass is 10.3. The number of unbranched alkanes of at least 4 members (excludes halogenated alkanes) is 1. The van der Waals surface area contributed by atoms with Gasteiger partial charge < -0.3 is 5.84 Å². The van der Waals surface area contributed by atoms with Crippen molar-refractivity contribution in [1.29, 1.82) is 0 Å². The summed E-state index contributed by atoms with van der Waals surface area (Å²) in [4.78, 5) is 0. The Bertz CT molecular complexity index is 217. The highest BCUT2D eigenvalue weighted by atomic mass is 15.3. The predicted molar refractivity (Wildman–Crippen MR) is 55.7 cm³/mol. The molecule has 1 aromatic carbocycles. The minimum absolute atomic E-state index is 0.778. The molecule has 0 saturated carbocycles. The van der Waals surface area contributed by atoms with Crippen LogP contribution < -0.4 is 5.84 Å². The quantitative estimate of drug-likeness (QED) is 0.422. The third-order valence-corrected chi connectivity index (χ3v) is 1.43. The van der Waals surface area contributed by atoms with Gasteiger partial charge in [0.2, 0.25) is 0 Å². The highest BCUT2D eigenvalue weighted by Crippen LogP contribution is 2.08. The van der Waals surface area contributed by atoms with Gasteiger partial charge in [-0.3, -0.25) is 0 Å². The van der Waals surface area contributed by atoms with Crippen LogP contribution >= 0.6 is 0 Å². The van der Waals surface area contributed by atoms with Crippen molar-refractivity contribution in [2.75, 3.05) is 0 Å². The molecule has 0 fully saturated rings. The number of hydrogen-bond acceptors (Lipinski definition) is 2. The van der Waals surface area contributed by atoms with Crippen molar-refractivity contribution in [3.8, 4) is 0 Å². The summed E-state index contributed by atoms with van der Waals surface area (Å²) < 4.78 is 0. The average molecular weight is 179 g/mol. The maximum absolute atomic E-state index is 4.82. The summed E-state index contributed by atoms with van der Waals surface area (Å²) in [6.45, 7) is 4.36. The first-order chi connectivity index (χ1) is 6.35. The Morgan fingerprint density at radius 3 is 2.00 bits per heavy atom. The first-order valence-electron chi connectivity index (χ1n) is 4.51. The molecule has 0 heterocycles. The normalized spacial score (nSPS) is 9.38. The molecule has 0 radical (unpaired) electrons. The first-order valence-corrected chi connectivity index (χ1v) is 4.51. The fourth-order valence-electron chi connectivity index (χ4n) is 0.561. The molecule has 1 rings (SSSR count). The molecule has 3 nitrogen and oxygen atoms in total. The van der Waals surface area contributed by atoms with E-state index in [1.807, 2.05) is 30.3 Å². The highest BCUT2D eigenvalue weighted by molar-refractivity contribution is 5.34. The van der Waals surface area contributed by atoms with E-state index in [9.17, 15) is 0 Å². The Morgan fingerprint density at radius 1 is 1.08 bits per heavy atom. The zero-order chi connectivity index (χ0) is 9.94. The molecule has 0 bridgehead atoms. The maximum Gasteiger partial charge on any atom is 0.0874 e. The van der Waals surface area contributed by atoms with Gasteiger partial charge in [0.05, 0.1) is 5.69 Å². The summed E-state index contributed by atoms with van der Waals surface area (Å²) in [5.74, 6) is 4.82. The van der Waals surface area contributed by atoms with Crippen molar-refractivity contribution in [2.45, 2.75) is 26.7 Å². The topological polar surface area (TPSA) is 50.7 Å². The molecule has 0 spiro atoms. The van der Waals surface area contributed by atoms with E-state index < -0.39 is 0 Å². The van der Waals surface area contributed by atoms with E-state index in [4.69, 9.17) is 5.84 Å². The minimum atomic E-state index is 0.778. The first kappa shape index (κ1) is 11.6. The minimum Gasteiger partial charge on any atom is -0.305 e. The zero-order valence-corrected chi connectivity index (χ0v) is 8.27. The van der Waals surface area contributed by atoms with Crippen LogP contribution in [0.3, 0.4) is 0 Å². The lowest BCUT2D eigenvalue weighted by molar-refractivity contribution is 0.886. The second kappa shape index (κ2) is 8.71. The van der Waals surface area contributed by atoms with Gasteiger partial charge in [0.1, 0.15) is 0 Å². The van der Waals surface area contributed by atoms with Gasteiger partial charge in [0.15, 0.2) is 0 Å². The van der Waals surface area contributed by atoms with Crippen molar-refractivity contribution in [2.24, 2.45) is 16.2 Å². The highest BCUT2D eigenvalue weighted by Gasteiger charge is 1.80. The van der Waals surface area contributed by atoms with Gasteiger partial charge in [0.25, 0.3) is 0 Å². The van der Waals surface area contributed by atoms with E-state index in [1.165, 1.54) is 12.8 Å². The van der Waals surface area contributed by atoms with E-state index in [0.717, 1.165) is 5.69 Å². The van der Waals surface area contributed by atoms with Gasteiger partial charge in [-0.1, -0.05) is 50.1 Å². The zero-order valence-electron chi connectivity index (χ0n) is 8.27. The number of nitrogens with zero attached hydrogens (tertiary/aromatic N) is 2. The second-order valence-electron chi connectivity index (χ2n) is 2.55. The van der Waals surface area contributed by atoms with Crippen molar-refractivity contribution in [3.05, 3.63) is 30.3 Å². The SMILES string of the molecule is CCCC.NN=Nc1ccccc1. The molecule has 0 saturated heterocycles. The average Bonchev–Trinajstić information content (AvgIpc) is 2.20. The van der Waals surface area contributed by atoms with Crippen LogP contribution in [0.15, 0.2) is 40.7 Å². The van der Waals surface area contributed by atoms with E-state index >= 15 is 0 Å². The maximum atomic E-state index is 4.82. The van der Waals surface area contributed by atoms with Crippen LogP contribution in [0.5, 0.6) is 0 Å². The molecule has 2 N–H and O–H groups in total. The molecule has 13 heavy (non-hydrogen) atoms. The van der Waals surface area contributed by atoms with E-state index in [1.54, 1.807) is 0 Å². The standard InChI is InChI=1S/C6H7N3.C4H10/c7-9-8-6-4-2-1-3-5-6;1-3-4-2/h1-5H,(H2,7,8);3-4H2,1-2H3. The molecule has 1 aromatic rings. The van der Waals surface area contributed by atoms with Crippen LogP contribution in [0.1, 0.15) is 26.7 Å². The van der Waals surface area contributed by atoms with Crippen LogP contribution in [0.25, 0.3) is 0 Å². The van der Waals surface area contributed by atoms with Crippen molar-refractivity contribution in [1.82, 2.24) is 0 Å². The molecule has 0 aliphatic carbocycles. The lowest BCUT2D eigenvalue weighted by Gasteiger charge is -1.84. The Morgan fingerprint density at radius 2 is 1.62 bits per heavy atom. The molecule has 3 heteroatoms. The van der Waals surface area contributed by atoms with Gasteiger partial charge in [0, 0.05) is 0 Å². The van der Waals surface area contributed by atoms with E-state index in [-0.39, 0.29) is 0 Å². The van der Waals surface area contributed by atoms with Gasteiger partial charge in [-0.15, -0.1) is 5.11 Å². The summed E-state index contributed by atoms with van der Waals surface area (Å²) in [7, 11) is 0. The summed E-state index contributed by atoms with van der Waals surface area (Å²) in [6, 6.07) is 9.33. The van der Waals surface area contributed by atoms with Crippen LogP contribution in [0.2, 0.25) is 0 Å². The van der Waals surface area contributed by atoms with Gasteiger partial charge in [-0.25, -0.2) is 0 Å². The Labute approximate surface area is 79.7 Å². The van der Waals surface area contributed by atoms with Crippen molar-refractivity contribution >= 4 is 5.69 Å². The van der Waals surface area contributed by atoms with Crippen LogP contribution in [-0.2, 0) is 0 Å². The molecule has 0 atom stereocenters. The molecule has 0 aliphatic rings. The number of hydrogen-bond donors (Lipinski definition) is 1. The van der Waals surface area contributed by atoms with Crippen molar-refractivity contribution < 1.29 is 0 Å².